The van der Waals surface area contributed by atoms with Crippen molar-refractivity contribution in [1.29, 1.82) is 0 Å². The Morgan fingerprint density at radius 2 is 1.76 bits per heavy atom. The minimum absolute atomic E-state index is 0.00146. The van der Waals surface area contributed by atoms with E-state index in [1.807, 2.05) is 6.92 Å². The van der Waals surface area contributed by atoms with E-state index in [-0.39, 0.29) is 37.1 Å². The van der Waals surface area contributed by atoms with Crippen molar-refractivity contribution in [2.75, 3.05) is 0 Å². The van der Waals surface area contributed by atoms with Crippen LogP contribution in [0.3, 0.4) is 0 Å². The van der Waals surface area contributed by atoms with Gasteiger partial charge in [-0.25, -0.2) is 14.4 Å². The summed E-state index contributed by atoms with van der Waals surface area (Å²) in [4.78, 5) is 22.0. The van der Waals surface area contributed by atoms with Crippen LogP contribution in [0.25, 0.3) is 16.9 Å². The number of aryl methyl sites for hydroxylation is 1. The molecule has 9 heteroatoms. The second-order valence-electron chi connectivity index (χ2n) is 7.38. The number of alkyl halides is 3. The van der Waals surface area contributed by atoms with Gasteiger partial charge >= 0.3 is 6.18 Å². The number of benzene rings is 1. The van der Waals surface area contributed by atoms with Gasteiger partial charge in [-0.3, -0.25) is 9.36 Å². The lowest BCUT2D eigenvalue weighted by atomic mass is 9.81. The summed E-state index contributed by atoms with van der Waals surface area (Å²) in [6.45, 7) is 2.45. The first-order chi connectivity index (χ1) is 13.8. The van der Waals surface area contributed by atoms with E-state index in [0.717, 1.165) is 0 Å². The Hall–Kier alpha value is -2.71. The van der Waals surface area contributed by atoms with Gasteiger partial charge in [-0.15, -0.1) is 0 Å². The third kappa shape index (κ3) is 3.54. The number of nitrogens with zero attached hydrogens (tertiary/aromatic N) is 4. The Balaban J connectivity index is 1.84. The maximum atomic E-state index is 13.4. The molecule has 2 heterocycles. The van der Waals surface area contributed by atoms with Crippen molar-refractivity contribution >= 4 is 11.2 Å². The fourth-order valence-corrected chi connectivity index (χ4v) is 4.04. The van der Waals surface area contributed by atoms with Gasteiger partial charge in [0.2, 0.25) is 0 Å². The number of rotatable bonds is 3. The number of aromatic nitrogens is 4. The molecule has 1 aliphatic carbocycles. The van der Waals surface area contributed by atoms with Crippen LogP contribution in [0.2, 0.25) is 0 Å². The standard InChI is InChI=1S/C20H20F4N4O/c1-2-27-11-25-16-18(27)26-17(12-3-5-13(6-4-12)20(22,23)24)28(19(16)29)15-9-7-14(21)8-10-15/h7-13H,2-6H2,1H3. The van der Waals surface area contributed by atoms with Gasteiger partial charge in [0.05, 0.1) is 17.9 Å². The van der Waals surface area contributed by atoms with Gasteiger partial charge in [0.15, 0.2) is 11.2 Å². The summed E-state index contributed by atoms with van der Waals surface area (Å²) in [7, 11) is 0. The highest BCUT2D eigenvalue weighted by atomic mass is 19.4. The predicted molar refractivity (Wildman–Crippen MR) is 99.5 cm³/mol. The zero-order valence-corrected chi connectivity index (χ0v) is 15.8. The molecule has 0 unspecified atom stereocenters. The molecule has 0 amide bonds. The Kier molecular flexibility index (Phi) is 4.92. The van der Waals surface area contributed by atoms with Crippen molar-refractivity contribution in [2.24, 2.45) is 5.92 Å². The molecule has 29 heavy (non-hydrogen) atoms. The highest BCUT2D eigenvalue weighted by Crippen LogP contribution is 2.42. The molecule has 2 aromatic heterocycles. The van der Waals surface area contributed by atoms with Gasteiger partial charge in [0.1, 0.15) is 11.6 Å². The van der Waals surface area contributed by atoms with E-state index >= 15 is 0 Å². The maximum absolute atomic E-state index is 13.4. The summed E-state index contributed by atoms with van der Waals surface area (Å²) in [5, 5.41) is 0. The predicted octanol–water partition coefficient (Wildman–Crippen LogP) is 4.58. The Bertz CT molecular complexity index is 1080. The highest BCUT2D eigenvalue weighted by molar-refractivity contribution is 5.70. The van der Waals surface area contributed by atoms with Gasteiger partial charge in [0.25, 0.3) is 5.56 Å². The average Bonchev–Trinajstić information content (AvgIpc) is 3.12. The number of imidazole rings is 1. The molecule has 1 aliphatic rings. The molecule has 0 atom stereocenters. The summed E-state index contributed by atoms with van der Waals surface area (Å²) >= 11 is 0. The van der Waals surface area contributed by atoms with Gasteiger partial charge in [-0.1, -0.05) is 0 Å². The lowest BCUT2D eigenvalue weighted by Crippen LogP contribution is -2.31. The normalized spacial score (nSPS) is 20.3. The lowest BCUT2D eigenvalue weighted by Gasteiger charge is -2.30. The first-order valence-corrected chi connectivity index (χ1v) is 9.60. The molecule has 5 nitrogen and oxygen atoms in total. The van der Waals surface area contributed by atoms with Crippen molar-refractivity contribution in [3.05, 3.63) is 52.6 Å². The second-order valence-corrected chi connectivity index (χ2v) is 7.38. The molecule has 1 saturated carbocycles. The molecule has 1 aromatic carbocycles. The zero-order valence-electron chi connectivity index (χ0n) is 15.8. The molecule has 4 rings (SSSR count). The van der Waals surface area contributed by atoms with Crippen LogP contribution in [0, 0.1) is 11.7 Å². The van der Waals surface area contributed by atoms with E-state index in [1.165, 1.54) is 35.2 Å². The minimum Gasteiger partial charge on any atom is -0.315 e. The summed E-state index contributed by atoms with van der Waals surface area (Å²) < 4.78 is 55.7. The van der Waals surface area contributed by atoms with Crippen LogP contribution in [-0.4, -0.2) is 25.3 Å². The quantitative estimate of drug-likeness (QED) is 0.597. The fraction of sp³-hybridized carbons (Fsp3) is 0.450. The Morgan fingerprint density at radius 1 is 1.10 bits per heavy atom. The first kappa shape index (κ1) is 19.6. The van der Waals surface area contributed by atoms with E-state index in [9.17, 15) is 22.4 Å². The third-order valence-electron chi connectivity index (χ3n) is 5.65. The van der Waals surface area contributed by atoms with E-state index in [1.54, 1.807) is 4.57 Å². The van der Waals surface area contributed by atoms with Crippen molar-refractivity contribution < 1.29 is 17.6 Å². The molecular formula is C20H20F4N4O. The number of hydrogen-bond donors (Lipinski definition) is 0. The molecule has 0 radical (unpaired) electrons. The summed E-state index contributed by atoms with van der Waals surface area (Å²) in [6, 6.07) is 5.40. The van der Waals surface area contributed by atoms with Crippen molar-refractivity contribution in [3.63, 3.8) is 0 Å². The Morgan fingerprint density at radius 3 is 2.34 bits per heavy atom. The summed E-state index contributed by atoms with van der Waals surface area (Å²) in [5.41, 5.74) is 0.624. The fourth-order valence-electron chi connectivity index (χ4n) is 4.04. The summed E-state index contributed by atoms with van der Waals surface area (Å²) in [5.74, 6) is -1.66. The summed E-state index contributed by atoms with van der Waals surface area (Å²) in [6.07, 6.45) is -2.12. The van der Waals surface area contributed by atoms with Gasteiger partial charge < -0.3 is 4.57 Å². The monoisotopic (exact) mass is 408 g/mol. The molecule has 0 N–H and O–H groups in total. The van der Waals surface area contributed by atoms with Crippen molar-refractivity contribution in [3.8, 4) is 5.69 Å². The molecule has 0 spiro atoms. The largest absolute Gasteiger partial charge is 0.391 e. The van der Waals surface area contributed by atoms with Crippen LogP contribution in [0.5, 0.6) is 0 Å². The van der Waals surface area contributed by atoms with Gasteiger partial charge in [0, 0.05) is 12.5 Å². The van der Waals surface area contributed by atoms with E-state index in [4.69, 9.17) is 0 Å². The topological polar surface area (TPSA) is 52.7 Å². The van der Waals surface area contributed by atoms with Crippen LogP contribution in [-0.2, 0) is 6.54 Å². The number of halogens is 4. The van der Waals surface area contributed by atoms with E-state index in [0.29, 0.717) is 23.7 Å². The van der Waals surface area contributed by atoms with Crippen LogP contribution < -0.4 is 5.56 Å². The van der Waals surface area contributed by atoms with Crippen molar-refractivity contribution in [1.82, 2.24) is 19.1 Å². The van der Waals surface area contributed by atoms with Crippen LogP contribution >= 0.6 is 0 Å². The first-order valence-electron chi connectivity index (χ1n) is 9.60. The molecule has 1 fully saturated rings. The maximum Gasteiger partial charge on any atom is 0.391 e. The van der Waals surface area contributed by atoms with E-state index in [2.05, 4.69) is 9.97 Å². The Labute approximate surface area is 164 Å². The molecule has 0 bridgehead atoms. The van der Waals surface area contributed by atoms with E-state index < -0.39 is 23.5 Å². The van der Waals surface area contributed by atoms with Crippen LogP contribution in [0.15, 0.2) is 35.4 Å². The smallest absolute Gasteiger partial charge is 0.315 e. The molecule has 3 aromatic rings. The number of fused-ring (bicyclic) bond motifs is 1. The van der Waals surface area contributed by atoms with Crippen molar-refractivity contribution in [2.45, 2.75) is 51.2 Å². The average molecular weight is 408 g/mol. The van der Waals surface area contributed by atoms with Gasteiger partial charge in [-0.05, 0) is 56.9 Å². The molecule has 0 saturated heterocycles. The highest BCUT2D eigenvalue weighted by Gasteiger charge is 2.42. The third-order valence-corrected chi connectivity index (χ3v) is 5.65. The lowest BCUT2D eigenvalue weighted by molar-refractivity contribution is -0.182. The van der Waals surface area contributed by atoms with Crippen LogP contribution in [0.4, 0.5) is 17.6 Å². The molecule has 154 valence electrons. The van der Waals surface area contributed by atoms with Crippen LogP contribution in [0.1, 0.15) is 44.3 Å². The molecular weight excluding hydrogens is 388 g/mol. The number of hydrogen-bond acceptors (Lipinski definition) is 3. The molecule has 0 aliphatic heterocycles. The zero-order chi connectivity index (χ0) is 20.8. The SMILES string of the molecule is CCn1cnc2c(=O)n(-c3ccc(F)cc3)c(C3CCC(C(F)(F)F)CC3)nc21. The second kappa shape index (κ2) is 7.27. The minimum atomic E-state index is -4.21. The van der Waals surface area contributed by atoms with Gasteiger partial charge in [-0.2, -0.15) is 13.2 Å².